The van der Waals surface area contributed by atoms with Crippen LogP contribution in [0.1, 0.15) is 31.7 Å². The Morgan fingerprint density at radius 2 is 1.90 bits per heavy atom. The minimum atomic E-state index is -4.34. The van der Waals surface area contributed by atoms with Gasteiger partial charge in [0.05, 0.1) is 16.6 Å². The maximum absolute atomic E-state index is 12.7. The number of aromatic nitrogens is 2. The standard InChI is InChI=1S/C14H18F3N3/c1-13(2,18)7-6-12-19-10-8-9(14(15,16)17)4-5-11(10)20(12)3/h4-5,8H,6-7,18H2,1-3H3. The third-order valence-corrected chi connectivity index (χ3v) is 3.29. The zero-order valence-electron chi connectivity index (χ0n) is 11.8. The van der Waals surface area contributed by atoms with Crippen LogP contribution in [0.15, 0.2) is 18.2 Å². The molecule has 0 atom stereocenters. The molecular weight excluding hydrogens is 267 g/mol. The molecule has 0 bridgehead atoms. The molecule has 1 aromatic carbocycles. The normalized spacial score (nSPS) is 13.2. The van der Waals surface area contributed by atoms with E-state index in [-0.39, 0.29) is 5.54 Å². The molecule has 0 saturated heterocycles. The number of benzene rings is 1. The molecule has 0 aliphatic heterocycles. The Morgan fingerprint density at radius 1 is 1.25 bits per heavy atom. The van der Waals surface area contributed by atoms with Gasteiger partial charge in [-0.2, -0.15) is 13.2 Å². The van der Waals surface area contributed by atoms with Crippen molar-refractivity contribution in [2.24, 2.45) is 12.8 Å². The minimum absolute atomic E-state index is 0.324. The molecule has 0 aliphatic carbocycles. The first-order valence-corrected chi connectivity index (χ1v) is 6.39. The van der Waals surface area contributed by atoms with Crippen molar-refractivity contribution in [3.8, 4) is 0 Å². The van der Waals surface area contributed by atoms with Crippen molar-refractivity contribution in [2.75, 3.05) is 0 Å². The van der Waals surface area contributed by atoms with E-state index in [1.807, 2.05) is 18.4 Å². The average Bonchev–Trinajstić information content (AvgIpc) is 2.61. The van der Waals surface area contributed by atoms with Crippen molar-refractivity contribution < 1.29 is 13.2 Å². The van der Waals surface area contributed by atoms with Gasteiger partial charge in [-0.25, -0.2) is 4.98 Å². The summed E-state index contributed by atoms with van der Waals surface area (Å²) in [7, 11) is 1.81. The molecule has 1 aromatic heterocycles. The minimum Gasteiger partial charge on any atom is -0.331 e. The van der Waals surface area contributed by atoms with Gasteiger partial charge in [0, 0.05) is 19.0 Å². The van der Waals surface area contributed by atoms with Crippen LogP contribution in [0.3, 0.4) is 0 Å². The quantitative estimate of drug-likeness (QED) is 0.940. The SMILES string of the molecule is Cn1c(CCC(C)(C)N)nc2cc(C(F)(F)F)ccc21. The van der Waals surface area contributed by atoms with Crippen LogP contribution in [-0.4, -0.2) is 15.1 Å². The molecule has 6 heteroatoms. The van der Waals surface area contributed by atoms with Gasteiger partial charge >= 0.3 is 6.18 Å². The van der Waals surface area contributed by atoms with Gasteiger partial charge in [0.25, 0.3) is 0 Å². The van der Waals surface area contributed by atoms with E-state index in [0.29, 0.717) is 17.5 Å². The summed E-state index contributed by atoms with van der Waals surface area (Å²) in [6.45, 7) is 3.83. The Kier molecular flexibility index (Phi) is 3.54. The number of fused-ring (bicyclic) bond motifs is 1. The second-order valence-electron chi connectivity index (χ2n) is 5.78. The highest BCUT2D eigenvalue weighted by Gasteiger charge is 2.31. The lowest BCUT2D eigenvalue weighted by molar-refractivity contribution is -0.137. The van der Waals surface area contributed by atoms with E-state index in [2.05, 4.69) is 4.98 Å². The molecule has 2 N–H and O–H groups in total. The number of alkyl halides is 3. The number of rotatable bonds is 3. The van der Waals surface area contributed by atoms with Crippen LogP contribution in [0.5, 0.6) is 0 Å². The third-order valence-electron chi connectivity index (χ3n) is 3.29. The van der Waals surface area contributed by atoms with Crippen LogP contribution in [0, 0.1) is 0 Å². The second-order valence-corrected chi connectivity index (χ2v) is 5.78. The van der Waals surface area contributed by atoms with E-state index < -0.39 is 11.7 Å². The first-order chi connectivity index (χ1) is 9.08. The number of nitrogens with two attached hydrogens (primary N) is 1. The summed E-state index contributed by atoms with van der Waals surface area (Å²) in [4.78, 5) is 4.30. The largest absolute Gasteiger partial charge is 0.416 e. The fourth-order valence-corrected chi connectivity index (χ4v) is 2.08. The van der Waals surface area contributed by atoms with E-state index in [9.17, 15) is 13.2 Å². The Balaban J connectivity index is 2.37. The molecule has 110 valence electrons. The molecule has 0 amide bonds. The lowest BCUT2D eigenvalue weighted by Crippen LogP contribution is -2.32. The third kappa shape index (κ3) is 3.12. The molecule has 0 unspecified atom stereocenters. The van der Waals surface area contributed by atoms with E-state index in [4.69, 9.17) is 5.73 Å². The molecule has 2 aromatic rings. The molecule has 1 heterocycles. The van der Waals surface area contributed by atoms with E-state index in [0.717, 1.165) is 24.4 Å². The van der Waals surface area contributed by atoms with Crippen molar-refractivity contribution in [3.63, 3.8) is 0 Å². The number of aryl methyl sites for hydroxylation is 2. The first-order valence-electron chi connectivity index (χ1n) is 6.39. The maximum atomic E-state index is 12.7. The fourth-order valence-electron chi connectivity index (χ4n) is 2.08. The Labute approximate surface area is 115 Å². The van der Waals surface area contributed by atoms with Gasteiger partial charge in [0.15, 0.2) is 0 Å². The summed E-state index contributed by atoms with van der Waals surface area (Å²) in [5.74, 6) is 0.748. The highest BCUT2D eigenvalue weighted by Crippen LogP contribution is 2.31. The van der Waals surface area contributed by atoms with Crippen LogP contribution >= 0.6 is 0 Å². The molecule has 2 rings (SSSR count). The van der Waals surface area contributed by atoms with Gasteiger partial charge in [-0.3, -0.25) is 0 Å². The summed E-state index contributed by atoms with van der Waals surface area (Å²) < 4.78 is 39.8. The van der Waals surface area contributed by atoms with Gasteiger partial charge < -0.3 is 10.3 Å². The van der Waals surface area contributed by atoms with Crippen molar-refractivity contribution in [2.45, 2.75) is 38.4 Å². The number of imidazole rings is 1. The topological polar surface area (TPSA) is 43.8 Å². The smallest absolute Gasteiger partial charge is 0.331 e. The molecule has 3 nitrogen and oxygen atoms in total. The van der Waals surface area contributed by atoms with Gasteiger partial charge in [0.1, 0.15) is 5.82 Å². The summed E-state index contributed by atoms with van der Waals surface area (Å²) in [5.41, 5.74) is 5.99. The Bertz CT molecular complexity index is 621. The highest BCUT2D eigenvalue weighted by molar-refractivity contribution is 5.77. The van der Waals surface area contributed by atoms with Crippen molar-refractivity contribution in [3.05, 3.63) is 29.6 Å². The molecule has 0 saturated carbocycles. The number of halogens is 3. The predicted octanol–water partition coefficient (Wildman–Crippen LogP) is 3.26. The molecule has 0 radical (unpaired) electrons. The van der Waals surface area contributed by atoms with E-state index >= 15 is 0 Å². The second kappa shape index (κ2) is 4.77. The zero-order valence-corrected chi connectivity index (χ0v) is 11.8. The van der Waals surface area contributed by atoms with Gasteiger partial charge in [-0.1, -0.05) is 0 Å². The zero-order chi connectivity index (χ0) is 15.1. The van der Waals surface area contributed by atoms with Gasteiger partial charge in [0.2, 0.25) is 0 Å². The van der Waals surface area contributed by atoms with Crippen molar-refractivity contribution >= 4 is 11.0 Å². The molecule has 20 heavy (non-hydrogen) atoms. The average molecular weight is 285 g/mol. The maximum Gasteiger partial charge on any atom is 0.416 e. The molecule has 0 fully saturated rings. The molecule has 0 aliphatic rings. The summed E-state index contributed by atoms with van der Waals surface area (Å²) in [6.07, 6.45) is -2.99. The fraction of sp³-hybridized carbons (Fsp3) is 0.500. The number of nitrogens with zero attached hydrogens (tertiary/aromatic N) is 2. The Morgan fingerprint density at radius 3 is 2.45 bits per heavy atom. The van der Waals surface area contributed by atoms with E-state index in [1.54, 1.807) is 7.05 Å². The summed E-state index contributed by atoms with van der Waals surface area (Å²) in [6, 6.07) is 3.63. The van der Waals surface area contributed by atoms with Gasteiger partial charge in [-0.15, -0.1) is 0 Å². The monoisotopic (exact) mass is 285 g/mol. The van der Waals surface area contributed by atoms with Crippen LogP contribution in [0.25, 0.3) is 11.0 Å². The first kappa shape index (κ1) is 14.8. The summed E-state index contributed by atoms with van der Waals surface area (Å²) in [5, 5.41) is 0. The van der Waals surface area contributed by atoms with Crippen LogP contribution in [0.2, 0.25) is 0 Å². The van der Waals surface area contributed by atoms with Crippen LogP contribution in [-0.2, 0) is 19.6 Å². The van der Waals surface area contributed by atoms with Gasteiger partial charge in [-0.05, 0) is 38.5 Å². The lowest BCUT2D eigenvalue weighted by atomic mass is 10.00. The lowest BCUT2D eigenvalue weighted by Gasteiger charge is -2.17. The van der Waals surface area contributed by atoms with Crippen molar-refractivity contribution in [1.82, 2.24) is 9.55 Å². The molecule has 0 spiro atoms. The highest BCUT2D eigenvalue weighted by atomic mass is 19.4. The molecular formula is C14H18F3N3. The Hall–Kier alpha value is -1.56. The number of hydrogen-bond acceptors (Lipinski definition) is 2. The summed E-state index contributed by atoms with van der Waals surface area (Å²) >= 11 is 0. The van der Waals surface area contributed by atoms with Crippen LogP contribution < -0.4 is 5.73 Å². The van der Waals surface area contributed by atoms with Crippen LogP contribution in [0.4, 0.5) is 13.2 Å². The number of hydrogen-bond donors (Lipinski definition) is 1. The predicted molar refractivity (Wildman–Crippen MR) is 72.3 cm³/mol. The van der Waals surface area contributed by atoms with E-state index in [1.165, 1.54) is 6.07 Å². The van der Waals surface area contributed by atoms with Crippen molar-refractivity contribution in [1.29, 1.82) is 0 Å².